The second-order valence-electron chi connectivity index (χ2n) is 4.71. The second-order valence-corrected chi connectivity index (χ2v) is 8.43. The van der Waals surface area contributed by atoms with Gasteiger partial charge < -0.3 is 15.4 Å². The van der Waals surface area contributed by atoms with E-state index in [0.29, 0.717) is 33.3 Å². The molecule has 0 unspecified atom stereocenters. The van der Waals surface area contributed by atoms with Crippen molar-refractivity contribution in [1.82, 2.24) is 10.6 Å². The van der Waals surface area contributed by atoms with Crippen LogP contribution in [0.5, 0.6) is 5.75 Å². The van der Waals surface area contributed by atoms with Gasteiger partial charge >= 0.3 is 0 Å². The molecule has 0 spiro atoms. The largest absolute Gasteiger partial charge is 0.489 e. The van der Waals surface area contributed by atoms with Crippen LogP contribution in [0.4, 0.5) is 0 Å². The van der Waals surface area contributed by atoms with Gasteiger partial charge in [0.25, 0.3) is 0 Å². The number of sulfone groups is 1. The summed E-state index contributed by atoms with van der Waals surface area (Å²) >= 11 is 17.9. The van der Waals surface area contributed by atoms with E-state index in [-0.39, 0.29) is 24.7 Å². The molecule has 6 nitrogen and oxygen atoms in total. The van der Waals surface area contributed by atoms with Crippen LogP contribution in [0.1, 0.15) is 6.92 Å². The maximum atomic E-state index is 11.4. The Hall–Kier alpha value is -0.890. The molecule has 0 radical (unpaired) electrons. The molecule has 2 N–H and O–H groups in total. The Bertz CT molecular complexity index is 658. The van der Waals surface area contributed by atoms with Crippen molar-refractivity contribution >= 4 is 50.6 Å². The van der Waals surface area contributed by atoms with Gasteiger partial charge in [-0.25, -0.2) is 8.42 Å². The fraction of sp³-hybridized carbons (Fsp3) is 0.500. The highest BCUT2D eigenvalue weighted by molar-refractivity contribution is 7.91. The van der Waals surface area contributed by atoms with E-state index in [1.54, 1.807) is 26.1 Å². The summed E-state index contributed by atoms with van der Waals surface area (Å²) in [5.41, 5.74) is 0. The molecular weight excluding hydrogens is 397 g/mol. The molecule has 0 aliphatic heterocycles. The Morgan fingerprint density at radius 2 is 1.75 bits per heavy atom. The van der Waals surface area contributed by atoms with Gasteiger partial charge in [0.15, 0.2) is 21.5 Å². The minimum atomic E-state index is -3.01. The summed E-state index contributed by atoms with van der Waals surface area (Å²) in [7, 11) is -1.41. The maximum Gasteiger partial charge on any atom is 0.191 e. The zero-order chi connectivity index (χ0) is 18.2. The number of hydrogen-bond donors (Lipinski definition) is 2. The highest BCUT2D eigenvalue weighted by Gasteiger charge is 2.10. The Balaban J connectivity index is 2.38. The average molecular weight is 417 g/mol. The number of hydrogen-bond acceptors (Lipinski definition) is 4. The van der Waals surface area contributed by atoms with Gasteiger partial charge in [0, 0.05) is 24.4 Å². The van der Waals surface area contributed by atoms with E-state index in [0.717, 1.165) is 0 Å². The average Bonchev–Trinajstić information content (AvgIpc) is 2.51. The van der Waals surface area contributed by atoms with E-state index < -0.39 is 9.84 Å². The summed E-state index contributed by atoms with van der Waals surface area (Å²) < 4.78 is 28.4. The molecule has 136 valence electrons. The molecule has 0 heterocycles. The lowest BCUT2D eigenvalue weighted by Gasteiger charge is -2.13. The van der Waals surface area contributed by atoms with Crippen molar-refractivity contribution < 1.29 is 13.2 Å². The van der Waals surface area contributed by atoms with E-state index in [2.05, 4.69) is 15.6 Å². The fourth-order valence-corrected chi connectivity index (χ4v) is 3.31. The molecule has 0 fully saturated rings. The van der Waals surface area contributed by atoms with Crippen LogP contribution < -0.4 is 15.4 Å². The van der Waals surface area contributed by atoms with E-state index in [9.17, 15) is 8.42 Å². The van der Waals surface area contributed by atoms with Gasteiger partial charge in [-0.3, -0.25) is 4.99 Å². The topological polar surface area (TPSA) is 79.8 Å². The molecule has 0 saturated heterocycles. The van der Waals surface area contributed by atoms with Crippen LogP contribution in [0.15, 0.2) is 17.1 Å². The fourth-order valence-electron chi connectivity index (χ4n) is 1.68. The summed E-state index contributed by atoms with van der Waals surface area (Å²) in [5.74, 6) is 1.02. The van der Waals surface area contributed by atoms with Crippen LogP contribution in [-0.4, -0.2) is 52.6 Å². The standard InChI is InChI=1S/C14H20Cl3N3O3S/c1-3-24(21,22)7-5-20-14(18-2)19-4-6-23-13-11(16)8-10(15)9-12(13)17/h8-9H,3-7H2,1-2H3,(H2,18,19,20). The van der Waals surface area contributed by atoms with Gasteiger partial charge in [-0.05, 0) is 12.1 Å². The molecule has 0 aliphatic rings. The maximum absolute atomic E-state index is 11.4. The van der Waals surface area contributed by atoms with Gasteiger partial charge in [0.1, 0.15) is 6.61 Å². The first-order chi connectivity index (χ1) is 11.3. The van der Waals surface area contributed by atoms with Crippen LogP contribution in [0.2, 0.25) is 15.1 Å². The van der Waals surface area contributed by atoms with E-state index in [4.69, 9.17) is 39.5 Å². The first-order valence-corrected chi connectivity index (χ1v) is 10.2. The lowest BCUT2D eigenvalue weighted by molar-refractivity contribution is 0.322. The molecule has 10 heteroatoms. The monoisotopic (exact) mass is 415 g/mol. The first kappa shape index (κ1) is 21.2. The van der Waals surface area contributed by atoms with Crippen molar-refractivity contribution in [3.8, 4) is 5.75 Å². The van der Waals surface area contributed by atoms with Gasteiger partial charge in [-0.1, -0.05) is 41.7 Å². The quantitative estimate of drug-likeness (QED) is 0.387. The second kappa shape index (κ2) is 10.2. The molecule has 1 aromatic rings. The minimum absolute atomic E-state index is 0.0523. The van der Waals surface area contributed by atoms with Crippen molar-refractivity contribution in [2.24, 2.45) is 4.99 Å². The van der Waals surface area contributed by atoms with Gasteiger partial charge in [0.2, 0.25) is 0 Å². The first-order valence-electron chi connectivity index (χ1n) is 7.21. The molecule has 1 rings (SSSR count). The van der Waals surface area contributed by atoms with Crippen LogP contribution >= 0.6 is 34.8 Å². The molecule has 0 atom stereocenters. The minimum Gasteiger partial charge on any atom is -0.489 e. The molecule has 0 aromatic heterocycles. The Morgan fingerprint density at radius 1 is 1.17 bits per heavy atom. The normalized spacial score (nSPS) is 12.1. The summed E-state index contributed by atoms with van der Waals surface area (Å²) in [6, 6.07) is 3.10. The van der Waals surface area contributed by atoms with Crippen LogP contribution in [0.25, 0.3) is 0 Å². The van der Waals surface area contributed by atoms with Crippen molar-refractivity contribution in [3.63, 3.8) is 0 Å². The van der Waals surface area contributed by atoms with Crippen molar-refractivity contribution in [2.45, 2.75) is 6.92 Å². The highest BCUT2D eigenvalue weighted by atomic mass is 35.5. The Morgan fingerprint density at radius 3 is 2.29 bits per heavy atom. The van der Waals surface area contributed by atoms with Gasteiger partial charge in [0.05, 0.1) is 22.3 Å². The number of aliphatic imine (C=N–C) groups is 1. The molecule has 1 aromatic carbocycles. The Labute approximate surface area is 157 Å². The summed E-state index contributed by atoms with van der Waals surface area (Å²) in [6.07, 6.45) is 0. The summed E-state index contributed by atoms with van der Waals surface area (Å²) in [6.45, 7) is 2.61. The van der Waals surface area contributed by atoms with E-state index in [1.165, 1.54) is 0 Å². The predicted octanol–water partition coefficient (Wildman–Crippen LogP) is 2.63. The zero-order valence-corrected chi connectivity index (χ0v) is 16.5. The number of halogens is 3. The molecule has 24 heavy (non-hydrogen) atoms. The molecular formula is C14H20Cl3N3O3S. The van der Waals surface area contributed by atoms with Gasteiger partial charge in [-0.2, -0.15) is 0 Å². The van der Waals surface area contributed by atoms with Crippen LogP contribution in [-0.2, 0) is 9.84 Å². The van der Waals surface area contributed by atoms with Gasteiger partial charge in [-0.15, -0.1) is 0 Å². The lowest BCUT2D eigenvalue weighted by Crippen LogP contribution is -2.41. The van der Waals surface area contributed by atoms with E-state index in [1.807, 2.05) is 0 Å². The predicted molar refractivity (Wildman–Crippen MR) is 101 cm³/mol. The van der Waals surface area contributed by atoms with Crippen molar-refractivity contribution in [3.05, 3.63) is 27.2 Å². The SMILES string of the molecule is CCS(=O)(=O)CCNC(=NC)NCCOc1c(Cl)cc(Cl)cc1Cl. The van der Waals surface area contributed by atoms with E-state index >= 15 is 0 Å². The summed E-state index contributed by atoms with van der Waals surface area (Å²) in [4.78, 5) is 4.00. The third-order valence-corrected chi connectivity index (χ3v) is 5.46. The Kier molecular flexibility index (Phi) is 8.97. The molecule has 0 aliphatic carbocycles. The molecule has 0 saturated carbocycles. The van der Waals surface area contributed by atoms with Crippen molar-refractivity contribution in [2.75, 3.05) is 38.2 Å². The smallest absolute Gasteiger partial charge is 0.191 e. The zero-order valence-electron chi connectivity index (χ0n) is 13.4. The highest BCUT2D eigenvalue weighted by Crippen LogP contribution is 2.35. The van der Waals surface area contributed by atoms with Crippen LogP contribution in [0, 0.1) is 0 Å². The molecule has 0 amide bonds. The molecule has 0 bridgehead atoms. The number of benzene rings is 1. The number of guanidine groups is 1. The number of nitrogens with zero attached hydrogens (tertiary/aromatic N) is 1. The third kappa shape index (κ3) is 7.34. The third-order valence-electron chi connectivity index (χ3n) is 2.97. The number of ether oxygens (including phenoxy) is 1. The van der Waals surface area contributed by atoms with Crippen LogP contribution in [0.3, 0.4) is 0 Å². The lowest BCUT2D eigenvalue weighted by atomic mass is 10.3. The summed E-state index contributed by atoms with van der Waals surface area (Å²) in [5, 5.41) is 7.02. The number of rotatable bonds is 8. The van der Waals surface area contributed by atoms with Crippen molar-refractivity contribution in [1.29, 1.82) is 0 Å². The number of nitrogens with one attached hydrogen (secondary N) is 2.